The summed E-state index contributed by atoms with van der Waals surface area (Å²) in [5.41, 5.74) is 5.93. The highest BCUT2D eigenvalue weighted by molar-refractivity contribution is 6.20. The number of amides is 2. The molecule has 2 unspecified atom stereocenters. The molecule has 2 aliphatic heterocycles. The van der Waals surface area contributed by atoms with E-state index in [1.807, 2.05) is 0 Å². The van der Waals surface area contributed by atoms with Crippen molar-refractivity contribution in [2.45, 2.75) is 45.7 Å². The van der Waals surface area contributed by atoms with E-state index in [2.05, 4.69) is 64.7 Å². The number of hydrogen-bond acceptors (Lipinski definition) is 4. The van der Waals surface area contributed by atoms with E-state index in [4.69, 9.17) is 0 Å². The maximum absolute atomic E-state index is 13.6. The van der Waals surface area contributed by atoms with Gasteiger partial charge in [-0.1, -0.05) is 43.3 Å². The fraction of sp³-hybridized carbons (Fsp3) is 0.344. The Balaban J connectivity index is 1.34. The topological polar surface area (TPSA) is 73.8 Å². The summed E-state index contributed by atoms with van der Waals surface area (Å²) in [7, 11) is 1.73. The number of halogens is 1. The lowest BCUT2D eigenvalue weighted by atomic mass is 9.78. The third-order valence-electron chi connectivity index (χ3n) is 8.48. The van der Waals surface area contributed by atoms with Crippen LogP contribution in [-0.2, 0) is 29.0 Å². The molecule has 2 amide bonds. The zero-order valence-corrected chi connectivity index (χ0v) is 22.6. The van der Waals surface area contributed by atoms with Crippen LogP contribution in [0.5, 0.6) is 0 Å². The van der Waals surface area contributed by atoms with E-state index in [-0.39, 0.29) is 17.6 Å². The van der Waals surface area contributed by atoms with Gasteiger partial charge in [0.15, 0.2) is 0 Å². The van der Waals surface area contributed by atoms with Crippen LogP contribution < -0.4 is 10.6 Å². The number of aliphatic imine (C=N–C) groups is 1. The summed E-state index contributed by atoms with van der Waals surface area (Å²) >= 11 is 0. The van der Waals surface area contributed by atoms with Crippen LogP contribution in [0.15, 0.2) is 65.2 Å². The predicted molar refractivity (Wildman–Crippen MR) is 151 cm³/mol. The number of rotatable bonds is 4. The van der Waals surface area contributed by atoms with E-state index in [9.17, 15) is 14.0 Å². The third kappa shape index (κ3) is 4.25. The molecule has 1 spiro atoms. The van der Waals surface area contributed by atoms with Crippen LogP contribution in [0.4, 0.5) is 4.39 Å². The molecule has 2 atom stereocenters. The van der Waals surface area contributed by atoms with Crippen molar-refractivity contribution in [3.05, 3.63) is 93.8 Å². The Hall–Kier alpha value is -3.84. The van der Waals surface area contributed by atoms with Crippen molar-refractivity contribution in [3.8, 4) is 0 Å². The van der Waals surface area contributed by atoms with Crippen molar-refractivity contribution in [2.24, 2.45) is 10.4 Å². The monoisotopic (exact) mass is 524 g/mol. The first kappa shape index (κ1) is 25.4. The molecule has 39 heavy (non-hydrogen) atoms. The minimum absolute atomic E-state index is 0.0377. The lowest BCUT2D eigenvalue weighted by molar-refractivity contribution is -0.129. The van der Waals surface area contributed by atoms with Crippen molar-refractivity contribution < 1.29 is 14.0 Å². The van der Waals surface area contributed by atoms with E-state index in [0.717, 1.165) is 28.5 Å². The molecule has 0 bridgehead atoms. The van der Waals surface area contributed by atoms with Crippen LogP contribution in [-0.4, -0.2) is 42.7 Å². The zero-order chi connectivity index (χ0) is 27.3. The highest BCUT2D eigenvalue weighted by Gasteiger charge is 2.52. The summed E-state index contributed by atoms with van der Waals surface area (Å²) in [6, 6.07) is 14.6. The van der Waals surface area contributed by atoms with Gasteiger partial charge in [0.25, 0.3) is 0 Å². The van der Waals surface area contributed by atoms with E-state index < -0.39 is 11.5 Å². The average Bonchev–Trinajstić information content (AvgIpc) is 3.41. The SMILES string of the molecule is CC/C=C1\C(=NC)NC(=O)C12Cc1cc3cc(CN4CCNC(=O)C4c4ccc(F)cc4)cc(C)c3cc1C2. The van der Waals surface area contributed by atoms with Crippen LogP contribution in [0.1, 0.15) is 47.2 Å². The van der Waals surface area contributed by atoms with Crippen molar-refractivity contribution in [2.75, 3.05) is 20.1 Å². The number of nitrogens with zero attached hydrogens (tertiary/aromatic N) is 2. The molecule has 2 saturated heterocycles. The Morgan fingerprint density at radius 1 is 1.10 bits per heavy atom. The van der Waals surface area contributed by atoms with Gasteiger partial charge >= 0.3 is 0 Å². The smallest absolute Gasteiger partial charge is 0.242 e. The minimum atomic E-state index is -0.592. The number of allylic oxidation sites excluding steroid dienone is 1. The molecule has 6 rings (SSSR count). The maximum Gasteiger partial charge on any atom is 0.242 e. The quantitative estimate of drug-likeness (QED) is 0.526. The molecule has 3 aliphatic rings. The standard InChI is InChI=1S/C32H33FN4O2/c1-4-5-27-29(34-3)36-31(39)32(27)16-23-14-22-13-20(12-19(2)26(22)15-24(23)17-32)18-37-11-10-35-30(38)28(37)21-6-8-25(33)9-7-21/h5-9,12-15,28H,4,10-11,16-18H2,1-3H3,(H,35,38)(H,34,36,39)/b27-5+. The van der Waals surface area contributed by atoms with Gasteiger partial charge in [0.05, 0.1) is 5.41 Å². The number of carbonyl (C=O) groups is 2. The van der Waals surface area contributed by atoms with Gasteiger partial charge in [-0.15, -0.1) is 0 Å². The zero-order valence-electron chi connectivity index (χ0n) is 22.6. The fourth-order valence-electron chi connectivity index (χ4n) is 6.69. The van der Waals surface area contributed by atoms with Gasteiger partial charge in [0.1, 0.15) is 17.7 Å². The largest absolute Gasteiger partial charge is 0.353 e. The second-order valence-electron chi connectivity index (χ2n) is 11.0. The lowest BCUT2D eigenvalue weighted by Gasteiger charge is -2.35. The van der Waals surface area contributed by atoms with Gasteiger partial charge in [0, 0.05) is 32.3 Å². The molecule has 6 nitrogen and oxygen atoms in total. The van der Waals surface area contributed by atoms with Crippen molar-refractivity contribution in [1.82, 2.24) is 15.5 Å². The van der Waals surface area contributed by atoms with Crippen molar-refractivity contribution in [1.29, 1.82) is 0 Å². The number of piperazine rings is 1. The molecule has 3 aromatic carbocycles. The summed E-state index contributed by atoms with van der Waals surface area (Å²) in [6.45, 7) is 6.11. The Labute approximate surface area is 228 Å². The van der Waals surface area contributed by atoms with Gasteiger partial charge in [-0.3, -0.25) is 19.5 Å². The number of amidine groups is 1. The number of benzene rings is 3. The molecular formula is C32H33FN4O2. The van der Waals surface area contributed by atoms with Gasteiger partial charge in [0.2, 0.25) is 11.8 Å². The molecule has 1 aliphatic carbocycles. The number of fused-ring (bicyclic) bond motifs is 2. The van der Waals surface area contributed by atoms with E-state index in [0.29, 0.717) is 38.3 Å². The first-order valence-electron chi connectivity index (χ1n) is 13.6. The number of carbonyl (C=O) groups excluding carboxylic acids is 2. The molecule has 0 aromatic heterocycles. The minimum Gasteiger partial charge on any atom is -0.353 e. The molecule has 7 heteroatoms. The fourth-order valence-corrected chi connectivity index (χ4v) is 6.69. The molecule has 2 heterocycles. The summed E-state index contributed by atoms with van der Waals surface area (Å²) in [5.74, 6) is 0.357. The number of hydrogen-bond donors (Lipinski definition) is 2. The normalized spacial score (nSPS) is 25.1. The molecule has 2 fully saturated rings. The van der Waals surface area contributed by atoms with Gasteiger partial charge in [-0.05, 0) is 83.0 Å². The van der Waals surface area contributed by atoms with Crippen LogP contribution >= 0.6 is 0 Å². The average molecular weight is 525 g/mol. The molecule has 3 aromatic rings. The molecular weight excluding hydrogens is 491 g/mol. The molecule has 0 saturated carbocycles. The highest BCUT2D eigenvalue weighted by Crippen LogP contribution is 2.47. The van der Waals surface area contributed by atoms with Gasteiger partial charge in [-0.25, -0.2) is 4.39 Å². The first-order chi connectivity index (χ1) is 18.8. The Morgan fingerprint density at radius 2 is 1.85 bits per heavy atom. The van der Waals surface area contributed by atoms with Crippen molar-refractivity contribution in [3.63, 3.8) is 0 Å². The van der Waals surface area contributed by atoms with Gasteiger partial charge < -0.3 is 10.6 Å². The third-order valence-corrected chi connectivity index (χ3v) is 8.48. The predicted octanol–water partition coefficient (Wildman–Crippen LogP) is 4.54. The summed E-state index contributed by atoms with van der Waals surface area (Å²) in [6.07, 6.45) is 4.33. The summed E-state index contributed by atoms with van der Waals surface area (Å²) < 4.78 is 13.6. The maximum atomic E-state index is 13.6. The lowest BCUT2D eigenvalue weighted by Crippen LogP contribution is -2.49. The van der Waals surface area contributed by atoms with Crippen LogP contribution in [0.25, 0.3) is 10.8 Å². The van der Waals surface area contributed by atoms with E-state index in [1.165, 1.54) is 34.2 Å². The van der Waals surface area contributed by atoms with E-state index in [1.54, 1.807) is 19.2 Å². The van der Waals surface area contributed by atoms with Crippen LogP contribution in [0.2, 0.25) is 0 Å². The summed E-state index contributed by atoms with van der Waals surface area (Å²) in [4.78, 5) is 32.6. The first-order valence-corrected chi connectivity index (χ1v) is 13.6. The Bertz CT molecular complexity index is 1560. The molecule has 200 valence electrons. The van der Waals surface area contributed by atoms with Crippen molar-refractivity contribution >= 4 is 28.4 Å². The van der Waals surface area contributed by atoms with Crippen LogP contribution in [0.3, 0.4) is 0 Å². The number of nitrogens with one attached hydrogen (secondary N) is 2. The van der Waals surface area contributed by atoms with Gasteiger partial charge in [-0.2, -0.15) is 0 Å². The Morgan fingerprint density at radius 3 is 2.56 bits per heavy atom. The summed E-state index contributed by atoms with van der Waals surface area (Å²) in [5, 5.41) is 8.31. The molecule has 0 radical (unpaired) electrons. The number of aryl methyl sites for hydroxylation is 1. The van der Waals surface area contributed by atoms with E-state index >= 15 is 0 Å². The molecule has 2 N–H and O–H groups in total. The Kier molecular flexibility index (Phi) is 6.34. The van der Waals surface area contributed by atoms with Crippen LogP contribution in [0, 0.1) is 18.2 Å². The second kappa shape index (κ2) is 9.72. The second-order valence-corrected chi connectivity index (χ2v) is 11.0. The highest BCUT2D eigenvalue weighted by atomic mass is 19.1.